The highest BCUT2D eigenvalue weighted by Gasteiger charge is 2.42. The first kappa shape index (κ1) is 22.7. The summed E-state index contributed by atoms with van der Waals surface area (Å²) in [5.41, 5.74) is -0.126. The molecule has 0 radical (unpaired) electrons. The number of carbonyl (C=O) groups excluding carboxylic acids is 2. The average Bonchev–Trinajstić information content (AvgIpc) is 3.08. The van der Waals surface area contributed by atoms with E-state index >= 15 is 0 Å². The minimum absolute atomic E-state index is 0.0641. The third-order valence-electron chi connectivity index (χ3n) is 5.13. The molecule has 3 N–H and O–H groups in total. The molecule has 1 aromatic carbocycles. The Kier molecular flexibility index (Phi) is 7.59. The normalized spacial score (nSPS) is 20.5. The number of benzene rings is 1. The number of amides is 2. The molecule has 0 aliphatic carbocycles. The number of nitrogens with zero attached hydrogens (tertiary/aromatic N) is 2. The first-order chi connectivity index (χ1) is 13.7. The van der Waals surface area contributed by atoms with Crippen molar-refractivity contribution < 1.29 is 28.8 Å². The Morgan fingerprint density at radius 3 is 2.66 bits per heavy atom. The highest BCUT2D eigenvalue weighted by Crippen LogP contribution is 2.30. The first-order valence-electron chi connectivity index (χ1n) is 9.41. The predicted molar refractivity (Wildman–Crippen MR) is 103 cm³/mol. The number of alkyl carbamates (subject to hydrolysis) is 1. The van der Waals surface area contributed by atoms with Crippen LogP contribution in [0.1, 0.15) is 32.3 Å². The van der Waals surface area contributed by atoms with Gasteiger partial charge in [-0.15, -0.1) is 0 Å². The Hall–Kier alpha value is -2.64. The maximum Gasteiger partial charge on any atom is 0.475 e. The number of hydrogen-bond acceptors (Lipinski definition) is 6. The lowest BCUT2D eigenvalue weighted by molar-refractivity contribution is -0.138. The van der Waals surface area contributed by atoms with Crippen molar-refractivity contribution in [3.05, 3.63) is 35.6 Å². The molecule has 8 nitrogen and oxygen atoms in total. The van der Waals surface area contributed by atoms with Gasteiger partial charge in [-0.25, -0.2) is 9.18 Å². The lowest BCUT2D eigenvalue weighted by Crippen LogP contribution is -2.52. The zero-order valence-corrected chi connectivity index (χ0v) is 16.5. The second kappa shape index (κ2) is 9.72. The van der Waals surface area contributed by atoms with E-state index in [1.54, 1.807) is 11.8 Å². The topological polar surface area (TPSA) is 123 Å². The van der Waals surface area contributed by atoms with Gasteiger partial charge >= 0.3 is 13.2 Å². The Morgan fingerprint density at radius 1 is 1.41 bits per heavy atom. The summed E-state index contributed by atoms with van der Waals surface area (Å²) >= 11 is 0. The lowest BCUT2D eigenvalue weighted by atomic mass is 9.76. The van der Waals surface area contributed by atoms with Crippen molar-refractivity contribution in [2.75, 3.05) is 13.2 Å². The van der Waals surface area contributed by atoms with E-state index in [9.17, 15) is 24.0 Å². The van der Waals surface area contributed by atoms with Crippen molar-refractivity contribution in [2.24, 2.45) is 5.92 Å². The van der Waals surface area contributed by atoms with Crippen LogP contribution in [0.3, 0.4) is 0 Å². The van der Waals surface area contributed by atoms with Crippen molar-refractivity contribution in [3.63, 3.8) is 0 Å². The molecule has 2 amide bonds. The zero-order chi connectivity index (χ0) is 21.6. The fourth-order valence-corrected chi connectivity index (χ4v) is 3.36. The van der Waals surface area contributed by atoms with Crippen LogP contribution in [-0.2, 0) is 16.0 Å². The molecule has 1 aromatic rings. The van der Waals surface area contributed by atoms with Crippen LogP contribution in [0.2, 0.25) is 0 Å². The Labute approximate surface area is 169 Å². The molecule has 2 rings (SSSR count). The summed E-state index contributed by atoms with van der Waals surface area (Å²) in [5.74, 6) is -2.57. The molecule has 0 aromatic heterocycles. The highest BCUT2D eigenvalue weighted by molar-refractivity contribution is 6.43. The summed E-state index contributed by atoms with van der Waals surface area (Å²) in [6, 6.07) is 7.36. The molecule has 1 aliphatic rings. The maximum atomic E-state index is 13.0. The van der Waals surface area contributed by atoms with Crippen LogP contribution in [0, 0.1) is 23.1 Å². The Balaban J connectivity index is 1.95. The molecule has 1 saturated heterocycles. The van der Waals surface area contributed by atoms with Crippen LogP contribution < -0.4 is 5.32 Å². The number of hydrogen-bond donors (Lipinski definition) is 3. The monoisotopic (exact) mass is 405 g/mol. The summed E-state index contributed by atoms with van der Waals surface area (Å²) < 4.78 is 18.3. The third kappa shape index (κ3) is 5.92. The lowest BCUT2D eigenvalue weighted by Gasteiger charge is -2.35. The van der Waals surface area contributed by atoms with Gasteiger partial charge in [-0.3, -0.25) is 4.79 Å². The molecule has 1 aliphatic heterocycles. The van der Waals surface area contributed by atoms with Gasteiger partial charge in [0.15, 0.2) is 0 Å². The quantitative estimate of drug-likeness (QED) is 0.582. The van der Waals surface area contributed by atoms with E-state index < -0.39 is 36.4 Å². The van der Waals surface area contributed by atoms with Gasteiger partial charge in [0.25, 0.3) is 0 Å². The minimum atomic E-state index is -1.84. The molecule has 3 atom stereocenters. The largest absolute Gasteiger partial charge is 0.475 e. The fourth-order valence-electron chi connectivity index (χ4n) is 3.36. The highest BCUT2D eigenvalue weighted by atomic mass is 19.1. The van der Waals surface area contributed by atoms with E-state index in [1.165, 1.54) is 31.2 Å². The van der Waals surface area contributed by atoms with E-state index in [-0.39, 0.29) is 18.9 Å². The van der Waals surface area contributed by atoms with Gasteiger partial charge < -0.3 is 25.0 Å². The fraction of sp³-hybridized carbons (Fsp3) is 0.526. The standard InChI is InChI=1S/C19H25BFN3O5/c1-13(11-22)17(25)24-9-3-8-19(24,2)12-29-18(26)23-16(20(27)28)10-14-4-6-15(21)7-5-14/h4-7,13,16,27-28H,3,8-10,12H2,1-2H3,(H,23,26)/t13?,16-,19+/m0/s1. The van der Waals surface area contributed by atoms with Crippen molar-refractivity contribution >= 4 is 19.1 Å². The molecular weight excluding hydrogens is 380 g/mol. The van der Waals surface area contributed by atoms with Crippen molar-refractivity contribution in [3.8, 4) is 6.07 Å². The summed E-state index contributed by atoms with van der Waals surface area (Å²) in [6.07, 6.45) is 0.549. The van der Waals surface area contributed by atoms with Crippen LogP contribution in [0.25, 0.3) is 0 Å². The molecule has 29 heavy (non-hydrogen) atoms. The molecule has 1 unspecified atom stereocenters. The van der Waals surface area contributed by atoms with Gasteiger partial charge in [0, 0.05) is 6.54 Å². The minimum Gasteiger partial charge on any atom is -0.447 e. The SMILES string of the molecule is CC(C#N)C(=O)N1CCC[C@]1(C)COC(=O)N[C@@H](Cc1ccc(F)cc1)B(O)O. The number of likely N-dealkylation sites (tertiary alicyclic amines) is 1. The molecule has 1 heterocycles. The van der Waals surface area contributed by atoms with Crippen LogP contribution in [0.5, 0.6) is 0 Å². The van der Waals surface area contributed by atoms with Gasteiger partial charge in [0.1, 0.15) is 18.3 Å². The number of halogens is 1. The number of carbonyl (C=O) groups is 2. The van der Waals surface area contributed by atoms with Crippen molar-refractivity contribution in [1.82, 2.24) is 10.2 Å². The summed E-state index contributed by atoms with van der Waals surface area (Å²) in [4.78, 5) is 26.1. The van der Waals surface area contributed by atoms with Crippen LogP contribution >= 0.6 is 0 Å². The molecule has 1 fully saturated rings. The molecular formula is C19H25BFN3O5. The zero-order valence-electron chi connectivity index (χ0n) is 16.5. The number of nitriles is 1. The van der Waals surface area contributed by atoms with Gasteiger partial charge in [0.2, 0.25) is 5.91 Å². The average molecular weight is 405 g/mol. The van der Waals surface area contributed by atoms with E-state index in [0.29, 0.717) is 18.5 Å². The smallest absolute Gasteiger partial charge is 0.447 e. The van der Waals surface area contributed by atoms with Gasteiger partial charge in [0.05, 0.1) is 17.5 Å². The predicted octanol–water partition coefficient (Wildman–Crippen LogP) is 1.02. The van der Waals surface area contributed by atoms with Crippen molar-refractivity contribution in [2.45, 2.75) is 44.6 Å². The molecule has 0 spiro atoms. The van der Waals surface area contributed by atoms with Crippen LogP contribution in [0.15, 0.2) is 24.3 Å². The van der Waals surface area contributed by atoms with Gasteiger partial charge in [-0.05, 0) is 50.8 Å². The second-order valence-corrected chi connectivity index (χ2v) is 7.51. The summed E-state index contributed by atoms with van der Waals surface area (Å²) in [5, 5.41) is 30.4. The first-order valence-corrected chi connectivity index (χ1v) is 9.41. The number of nitrogens with one attached hydrogen (secondary N) is 1. The van der Waals surface area contributed by atoms with E-state index in [1.807, 2.05) is 6.07 Å². The molecule has 10 heteroatoms. The molecule has 156 valence electrons. The number of ether oxygens (including phenoxy) is 1. The molecule has 0 saturated carbocycles. The van der Waals surface area contributed by atoms with Crippen molar-refractivity contribution in [1.29, 1.82) is 5.26 Å². The van der Waals surface area contributed by atoms with E-state index in [4.69, 9.17) is 10.00 Å². The van der Waals surface area contributed by atoms with E-state index in [2.05, 4.69) is 5.32 Å². The van der Waals surface area contributed by atoms with Crippen LogP contribution in [0.4, 0.5) is 9.18 Å². The molecule has 0 bridgehead atoms. The van der Waals surface area contributed by atoms with Gasteiger partial charge in [-0.2, -0.15) is 5.26 Å². The second-order valence-electron chi connectivity index (χ2n) is 7.51. The van der Waals surface area contributed by atoms with Crippen LogP contribution in [-0.4, -0.2) is 58.7 Å². The Morgan fingerprint density at radius 2 is 2.07 bits per heavy atom. The number of rotatable bonds is 7. The van der Waals surface area contributed by atoms with E-state index in [0.717, 1.165) is 6.42 Å². The summed E-state index contributed by atoms with van der Waals surface area (Å²) in [6.45, 7) is 3.70. The third-order valence-corrected chi connectivity index (χ3v) is 5.13. The summed E-state index contributed by atoms with van der Waals surface area (Å²) in [7, 11) is -1.84. The van der Waals surface area contributed by atoms with Gasteiger partial charge in [-0.1, -0.05) is 12.1 Å². The maximum absolute atomic E-state index is 13.0. The Bertz CT molecular complexity index is 770.